The number of aliphatic hydroxyl groups is 2. The van der Waals surface area contributed by atoms with Gasteiger partial charge >= 0.3 is 0 Å². The lowest BCUT2D eigenvalue weighted by Gasteiger charge is -2.36. The van der Waals surface area contributed by atoms with Crippen LogP contribution in [0.3, 0.4) is 0 Å². The van der Waals surface area contributed by atoms with Crippen molar-refractivity contribution in [2.24, 2.45) is 11.3 Å². The van der Waals surface area contributed by atoms with Crippen LogP contribution >= 0.6 is 0 Å². The van der Waals surface area contributed by atoms with Crippen LogP contribution in [0.1, 0.15) is 207 Å². The summed E-state index contributed by atoms with van der Waals surface area (Å²) in [7, 11) is 0. The second kappa shape index (κ2) is 29.9. The van der Waals surface area contributed by atoms with Gasteiger partial charge in [0, 0.05) is 13.2 Å². The first kappa shape index (κ1) is 37.9. The molecule has 2 heteroatoms. The van der Waals surface area contributed by atoms with Crippen LogP contribution in [0.25, 0.3) is 0 Å². The molecule has 0 aromatic heterocycles. The van der Waals surface area contributed by atoms with Gasteiger partial charge in [0.05, 0.1) is 0 Å². The molecule has 0 heterocycles. The monoisotopic (exact) mass is 539 g/mol. The largest absolute Gasteiger partial charge is 0.396 e. The zero-order valence-corrected chi connectivity index (χ0v) is 26.9. The van der Waals surface area contributed by atoms with E-state index in [0.717, 1.165) is 12.8 Å². The molecule has 0 aromatic carbocycles. The normalized spacial score (nSPS) is 12.9. The van der Waals surface area contributed by atoms with Crippen LogP contribution in [-0.4, -0.2) is 23.4 Å². The number of hydrogen-bond acceptors (Lipinski definition) is 2. The van der Waals surface area contributed by atoms with Crippen molar-refractivity contribution >= 4 is 0 Å². The Kier molecular flexibility index (Phi) is 29.8. The minimum atomic E-state index is 0.0877. The first-order valence-electron chi connectivity index (χ1n) is 17.9. The van der Waals surface area contributed by atoms with Gasteiger partial charge < -0.3 is 10.2 Å². The lowest BCUT2D eigenvalue weighted by atomic mass is 9.71. The second-order valence-corrected chi connectivity index (χ2v) is 13.0. The Labute approximate surface area is 241 Å². The summed E-state index contributed by atoms with van der Waals surface area (Å²) in [6, 6.07) is 0. The molecule has 0 fully saturated rings. The Hall–Kier alpha value is -0.0800. The van der Waals surface area contributed by atoms with Gasteiger partial charge in [0.25, 0.3) is 0 Å². The minimum Gasteiger partial charge on any atom is -0.396 e. The summed E-state index contributed by atoms with van der Waals surface area (Å²) in [6.07, 6.45) is 38.3. The Morgan fingerprint density at radius 2 is 0.763 bits per heavy atom. The van der Waals surface area contributed by atoms with E-state index in [4.69, 9.17) is 0 Å². The van der Waals surface area contributed by atoms with E-state index in [-0.39, 0.29) is 5.41 Å². The van der Waals surface area contributed by atoms with Crippen molar-refractivity contribution in [3.8, 4) is 0 Å². The predicted octanol–water partition coefficient (Wildman–Crippen LogP) is 11.9. The van der Waals surface area contributed by atoms with Crippen molar-refractivity contribution in [1.29, 1.82) is 0 Å². The van der Waals surface area contributed by atoms with Gasteiger partial charge in [-0.2, -0.15) is 0 Å². The Balaban J connectivity index is 4.68. The Morgan fingerprint density at radius 1 is 0.421 bits per heavy atom. The van der Waals surface area contributed by atoms with Crippen molar-refractivity contribution in [3.05, 3.63) is 0 Å². The Morgan fingerprint density at radius 3 is 1.11 bits per heavy atom. The van der Waals surface area contributed by atoms with Crippen LogP contribution in [0.5, 0.6) is 0 Å². The molecule has 1 atom stereocenters. The number of aliphatic hydroxyl groups excluding tert-OH is 2. The summed E-state index contributed by atoms with van der Waals surface area (Å²) in [5.41, 5.74) is 0.0877. The van der Waals surface area contributed by atoms with Crippen LogP contribution in [0.4, 0.5) is 0 Å². The fourth-order valence-electron chi connectivity index (χ4n) is 6.53. The standard InChI is InChI=1S/C36H74O2/c1-4-7-10-13-16-19-22-25-28-35(29-32-37)33-36(34-38,30-26-23-20-17-14-11-8-5-2)31-27-24-21-18-15-12-9-6-3/h35,37-38H,4-34H2,1-3H3. The van der Waals surface area contributed by atoms with Gasteiger partial charge in [-0.25, -0.2) is 0 Å². The highest BCUT2D eigenvalue weighted by molar-refractivity contribution is 4.82. The third-order valence-corrected chi connectivity index (χ3v) is 9.18. The molecule has 0 radical (unpaired) electrons. The lowest BCUT2D eigenvalue weighted by molar-refractivity contribution is 0.0627. The molecule has 0 saturated carbocycles. The van der Waals surface area contributed by atoms with E-state index in [1.165, 1.54) is 173 Å². The van der Waals surface area contributed by atoms with E-state index in [1.807, 2.05) is 0 Å². The lowest BCUT2D eigenvalue weighted by Crippen LogP contribution is -2.29. The molecular weight excluding hydrogens is 464 g/mol. The number of rotatable bonds is 32. The highest BCUT2D eigenvalue weighted by Crippen LogP contribution is 2.40. The van der Waals surface area contributed by atoms with E-state index in [9.17, 15) is 10.2 Å². The molecule has 0 aliphatic rings. The van der Waals surface area contributed by atoms with Crippen LogP contribution in [0, 0.1) is 11.3 Å². The third kappa shape index (κ3) is 23.8. The average molecular weight is 539 g/mol. The fraction of sp³-hybridized carbons (Fsp3) is 1.00. The first-order valence-corrected chi connectivity index (χ1v) is 17.9. The van der Waals surface area contributed by atoms with Gasteiger partial charge in [-0.15, -0.1) is 0 Å². The van der Waals surface area contributed by atoms with Crippen LogP contribution in [-0.2, 0) is 0 Å². The summed E-state index contributed by atoms with van der Waals surface area (Å²) < 4.78 is 0. The third-order valence-electron chi connectivity index (χ3n) is 9.18. The summed E-state index contributed by atoms with van der Waals surface area (Å²) in [4.78, 5) is 0. The van der Waals surface area contributed by atoms with E-state index in [0.29, 0.717) is 19.1 Å². The molecular formula is C36H74O2. The fourth-order valence-corrected chi connectivity index (χ4v) is 6.53. The molecule has 1 unspecified atom stereocenters. The van der Waals surface area contributed by atoms with Gasteiger partial charge in [0.2, 0.25) is 0 Å². The van der Waals surface area contributed by atoms with Crippen molar-refractivity contribution in [1.82, 2.24) is 0 Å². The molecule has 0 amide bonds. The maximum Gasteiger partial charge on any atom is 0.0487 e. The molecule has 0 rings (SSSR count). The number of hydrogen-bond donors (Lipinski definition) is 2. The van der Waals surface area contributed by atoms with Crippen LogP contribution in [0.15, 0.2) is 0 Å². The summed E-state index contributed by atoms with van der Waals surface area (Å²) in [5, 5.41) is 20.6. The maximum atomic E-state index is 10.7. The zero-order chi connectivity index (χ0) is 28.0. The van der Waals surface area contributed by atoms with E-state index < -0.39 is 0 Å². The van der Waals surface area contributed by atoms with Gasteiger partial charge in [0.1, 0.15) is 0 Å². The first-order chi connectivity index (χ1) is 18.7. The van der Waals surface area contributed by atoms with Gasteiger partial charge in [-0.3, -0.25) is 0 Å². The molecule has 2 N–H and O–H groups in total. The van der Waals surface area contributed by atoms with E-state index in [1.54, 1.807) is 0 Å². The van der Waals surface area contributed by atoms with Crippen molar-refractivity contribution < 1.29 is 10.2 Å². The maximum absolute atomic E-state index is 10.7. The molecule has 0 aliphatic heterocycles. The second-order valence-electron chi connectivity index (χ2n) is 13.0. The minimum absolute atomic E-state index is 0.0877. The van der Waals surface area contributed by atoms with Crippen LogP contribution in [0.2, 0.25) is 0 Å². The van der Waals surface area contributed by atoms with Crippen molar-refractivity contribution in [2.75, 3.05) is 13.2 Å². The highest BCUT2D eigenvalue weighted by atomic mass is 16.3. The Bertz CT molecular complexity index is 415. The average Bonchev–Trinajstić information content (AvgIpc) is 2.93. The summed E-state index contributed by atoms with van der Waals surface area (Å²) in [6.45, 7) is 7.52. The van der Waals surface area contributed by atoms with Gasteiger partial charge in [-0.05, 0) is 37.0 Å². The molecule has 0 spiro atoms. The molecule has 0 saturated heterocycles. The summed E-state index contributed by atoms with van der Waals surface area (Å²) in [5.74, 6) is 0.579. The number of unbranched alkanes of at least 4 members (excludes halogenated alkanes) is 21. The zero-order valence-electron chi connectivity index (χ0n) is 26.9. The smallest absolute Gasteiger partial charge is 0.0487 e. The molecule has 0 bridgehead atoms. The molecule has 0 aliphatic carbocycles. The quantitative estimate of drug-likeness (QED) is 0.0836. The molecule has 0 aromatic rings. The molecule has 2 nitrogen and oxygen atoms in total. The van der Waals surface area contributed by atoms with E-state index >= 15 is 0 Å². The van der Waals surface area contributed by atoms with Gasteiger partial charge in [-0.1, -0.05) is 181 Å². The topological polar surface area (TPSA) is 40.5 Å². The van der Waals surface area contributed by atoms with Crippen LogP contribution < -0.4 is 0 Å². The predicted molar refractivity (Wildman–Crippen MR) is 171 cm³/mol. The highest BCUT2D eigenvalue weighted by Gasteiger charge is 2.31. The van der Waals surface area contributed by atoms with Gasteiger partial charge in [0.15, 0.2) is 0 Å². The van der Waals surface area contributed by atoms with E-state index in [2.05, 4.69) is 20.8 Å². The summed E-state index contributed by atoms with van der Waals surface area (Å²) >= 11 is 0. The van der Waals surface area contributed by atoms with Crippen molar-refractivity contribution in [2.45, 2.75) is 207 Å². The van der Waals surface area contributed by atoms with Crippen molar-refractivity contribution in [3.63, 3.8) is 0 Å². The molecule has 230 valence electrons. The molecule has 38 heavy (non-hydrogen) atoms. The SMILES string of the molecule is CCCCCCCCCCC(CCO)CC(CO)(CCCCCCCCCC)CCCCCCCCCC.